The van der Waals surface area contributed by atoms with Gasteiger partial charge in [-0.1, -0.05) is 27.5 Å². The lowest BCUT2D eigenvalue weighted by molar-refractivity contribution is -0.137. The van der Waals surface area contributed by atoms with E-state index in [2.05, 4.69) is 21.2 Å². The summed E-state index contributed by atoms with van der Waals surface area (Å²) < 4.78 is 37.8. The number of benzene rings is 1. The van der Waals surface area contributed by atoms with Gasteiger partial charge in [-0.05, 0) is 12.1 Å². The van der Waals surface area contributed by atoms with E-state index in [1.54, 1.807) is 0 Å². The number of hydrogen-bond donors (Lipinski definition) is 1. The molecule has 7 heteroatoms. The van der Waals surface area contributed by atoms with Crippen LogP contribution >= 0.6 is 27.5 Å². The predicted octanol–water partition coefficient (Wildman–Crippen LogP) is 4.08. The van der Waals surface area contributed by atoms with Crippen LogP contribution in [0.2, 0.25) is 5.02 Å². The van der Waals surface area contributed by atoms with E-state index in [1.807, 2.05) is 0 Å². The third-order valence-corrected chi connectivity index (χ3v) is 2.52. The molecule has 0 heterocycles. The Labute approximate surface area is 103 Å². The molecule has 1 aromatic rings. The van der Waals surface area contributed by atoms with Crippen LogP contribution in [0.1, 0.15) is 12.5 Å². The molecule has 0 saturated heterocycles. The maximum atomic E-state index is 12.5. The number of carbonyl (C=O) groups excluding carboxylic acids is 1. The summed E-state index contributed by atoms with van der Waals surface area (Å²) in [6.07, 6.45) is -4.56. The zero-order valence-corrected chi connectivity index (χ0v) is 10.3. The fourth-order valence-corrected chi connectivity index (χ4v) is 1.80. The van der Waals surface area contributed by atoms with Crippen LogP contribution in [-0.4, -0.2) is 5.91 Å². The molecule has 1 N–H and O–H groups in total. The van der Waals surface area contributed by atoms with E-state index in [9.17, 15) is 18.0 Å². The number of amides is 1. The van der Waals surface area contributed by atoms with Crippen molar-refractivity contribution < 1.29 is 18.0 Å². The standard InChI is InChI=1S/C9H6BrClF3NO/c1-4(16)15-7-3-5(10)2-6(8(7)11)9(12,13)14/h2-3H,1H3,(H,15,16). The smallest absolute Gasteiger partial charge is 0.325 e. The van der Waals surface area contributed by atoms with Crippen molar-refractivity contribution in [1.29, 1.82) is 0 Å². The van der Waals surface area contributed by atoms with E-state index >= 15 is 0 Å². The Morgan fingerprint density at radius 2 is 2.00 bits per heavy atom. The molecule has 88 valence electrons. The molecule has 0 fully saturated rings. The molecule has 1 amide bonds. The van der Waals surface area contributed by atoms with Gasteiger partial charge in [-0.2, -0.15) is 13.2 Å². The highest BCUT2D eigenvalue weighted by Gasteiger charge is 2.34. The highest BCUT2D eigenvalue weighted by molar-refractivity contribution is 9.10. The molecule has 0 radical (unpaired) electrons. The van der Waals surface area contributed by atoms with E-state index in [4.69, 9.17) is 11.6 Å². The lowest BCUT2D eigenvalue weighted by atomic mass is 10.2. The van der Waals surface area contributed by atoms with Crippen molar-refractivity contribution in [1.82, 2.24) is 0 Å². The van der Waals surface area contributed by atoms with Crippen molar-refractivity contribution in [3.63, 3.8) is 0 Å². The Morgan fingerprint density at radius 3 is 2.44 bits per heavy atom. The van der Waals surface area contributed by atoms with E-state index in [0.29, 0.717) is 0 Å². The Balaban J connectivity index is 3.32. The van der Waals surface area contributed by atoms with Crippen LogP contribution in [0.15, 0.2) is 16.6 Å². The minimum absolute atomic E-state index is 0.0733. The minimum Gasteiger partial charge on any atom is -0.325 e. The molecule has 16 heavy (non-hydrogen) atoms. The molecule has 0 spiro atoms. The zero-order chi connectivity index (χ0) is 12.5. The summed E-state index contributed by atoms with van der Waals surface area (Å²) in [4.78, 5) is 10.8. The van der Waals surface area contributed by atoms with E-state index in [-0.39, 0.29) is 10.2 Å². The van der Waals surface area contributed by atoms with Gasteiger partial charge in [0.25, 0.3) is 0 Å². The summed E-state index contributed by atoms with van der Waals surface area (Å²) in [5.41, 5.74) is -1.07. The SMILES string of the molecule is CC(=O)Nc1cc(Br)cc(C(F)(F)F)c1Cl. The maximum Gasteiger partial charge on any atom is 0.417 e. The quantitative estimate of drug-likeness (QED) is 0.831. The molecule has 0 aliphatic carbocycles. The number of nitrogens with one attached hydrogen (secondary N) is 1. The van der Waals surface area contributed by atoms with Crippen LogP contribution < -0.4 is 5.32 Å². The fraction of sp³-hybridized carbons (Fsp3) is 0.222. The van der Waals surface area contributed by atoms with E-state index in [1.165, 1.54) is 13.0 Å². The van der Waals surface area contributed by atoms with Gasteiger partial charge in [0, 0.05) is 11.4 Å². The first kappa shape index (κ1) is 13.3. The second-order valence-corrected chi connectivity index (χ2v) is 4.29. The Morgan fingerprint density at radius 1 is 1.44 bits per heavy atom. The van der Waals surface area contributed by atoms with Gasteiger partial charge in [-0.15, -0.1) is 0 Å². The number of anilines is 1. The molecular weight excluding hydrogens is 310 g/mol. The van der Waals surface area contributed by atoms with Crippen LogP contribution in [0.25, 0.3) is 0 Å². The average molecular weight is 317 g/mol. The van der Waals surface area contributed by atoms with Gasteiger partial charge in [-0.3, -0.25) is 4.79 Å². The molecule has 2 nitrogen and oxygen atoms in total. The van der Waals surface area contributed by atoms with Crippen LogP contribution in [0.3, 0.4) is 0 Å². The van der Waals surface area contributed by atoms with Gasteiger partial charge in [-0.25, -0.2) is 0 Å². The molecule has 0 saturated carbocycles. The lowest BCUT2D eigenvalue weighted by Crippen LogP contribution is -2.11. The number of carbonyl (C=O) groups is 1. The summed E-state index contributed by atoms with van der Waals surface area (Å²) in [7, 11) is 0. The first-order valence-electron chi connectivity index (χ1n) is 4.05. The third kappa shape index (κ3) is 3.12. The second kappa shape index (κ2) is 4.63. The summed E-state index contributed by atoms with van der Waals surface area (Å²) in [6.45, 7) is 1.19. The Hall–Kier alpha value is -0.750. The fourth-order valence-electron chi connectivity index (χ4n) is 1.08. The molecule has 1 rings (SSSR count). The van der Waals surface area contributed by atoms with Crippen LogP contribution in [-0.2, 0) is 11.0 Å². The van der Waals surface area contributed by atoms with Crippen molar-refractivity contribution in [3.8, 4) is 0 Å². The Kier molecular flexibility index (Phi) is 3.85. The van der Waals surface area contributed by atoms with Crippen LogP contribution in [0.5, 0.6) is 0 Å². The molecule has 0 aliphatic rings. The molecule has 1 aromatic carbocycles. The number of halogens is 5. The minimum atomic E-state index is -4.56. The number of hydrogen-bond acceptors (Lipinski definition) is 1. The first-order chi connectivity index (χ1) is 7.21. The predicted molar refractivity (Wildman–Crippen MR) is 58.5 cm³/mol. The lowest BCUT2D eigenvalue weighted by Gasteiger charge is -2.13. The largest absolute Gasteiger partial charge is 0.417 e. The average Bonchev–Trinajstić information content (AvgIpc) is 2.07. The summed E-state index contributed by atoms with van der Waals surface area (Å²) >= 11 is 8.47. The maximum absolute atomic E-state index is 12.5. The van der Waals surface area contributed by atoms with Crippen molar-refractivity contribution in [2.75, 3.05) is 5.32 Å². The molecule has 0 bridgehead atoms. The van der Waals surface area contributed by atoms with Gasteiger partial charge in [0.2, 0.25) is 5.91 Å². The highest BCUT2D eigenvalue weighted by Crippen LogP contribution is 2.40. The van der Waals surface area contributed by atoms with E-state index < -0.39 is 22.7 Å². The molecule has 0 aliphatic heterocycles. The topological polar surface area (TPSA) is 29.1 Å². The zero-order valence-electron chi connectivity index (χ0n) is 7.95. The van der Waals surface area contributed by atoms with Gasteiger partial charge in [0.15, 0.2) is 0 Å². The number of alkyl halides is 3. The van der Waals surface area contributed by atoms with Crippen molar-refractivity contribution in [3.05, 3.63) is 27.2 Å². The van der Waals surface area contributed by atoms with E-state index in [0.717, 1.165) is 6.07 Å². The van der Waals surface area contributed by atoms with Gasteiger partial charge < -0.3 is 5.32 Å². The third-order valence-electron chi connectivity index (χ3n) is 1.65. The molecular formula is C9H6BrClF3NO. The van der Waals surface area contributed by atoms with Crippen LogP contribution in [0.4, 0.5) is 18.9 Å². The Bertz CT molecular complexity index is 433. The monoisotopic (exact) mass is 315 g/mol. The summed E-state index contributed by atoms with van der Waals surface area (Å²) in [6, 6.07) is 2.16. The van der Waals surface area contributed by atoms with Gasteiger partial charge in [0.05, 0.1) is 16.3 Å². The molecule has 0 atom stereocenters. The van der Waals surface area contributed by atoms with Gasteiger partial charge >= 0.3 is 6.18 Å². The first-order valence-corrected chi connectivity index (χ1v) is 5.22. The van der Waals surface area contributed by atoms with Crippen molar-refractivity contribution >= 4 is 39.1 Å². The molecule has 0 aromatic heterocycles. The van der Waals surface area contributed by atoms with Crippen molar-refractivity contribution in [2.24, 2.45) is 0 Å². The highest BCUT2D eigenvalue weighted by atomic mass is 79.9. The second-order valence-electron chi connectivity index (χ2n) is 2.99. The molecule has 0 unspecified atom stereocenters. The summed E-state index contributed by atoms with van der Waals surface area (Å²) in [5.74, 6) is -0.492. The summed E-state index contributed by atoms with van der Waals surface area (Å²) in [5, 5.41) is 1.70. The normalized spacial score (nSPS) is 11.4. The van der Waals surface area contributed by atoms with Gasteiger partial charge in [0.1, 0.15) is 0 Å². The van der Waals surface area contributed by atoms with Crippen molar-refractivity contribution in [2.45, 2.75) is 13.1 Å². The number of rotatable bonds is 1. The van der Waals surface area contributed by atoms with Crippen LogP contribution in [0, 0.1) is 0 Å².